The monoisotopic (exact) mass is 330 g/mol. The number of halogens is 3. The minimum atomic E-state index is 0.490. The Bertz CT molecular complexity index is 509. The molecule has 1 N–H and O–H groups in total. The smallest absolute Gasteiger partial charge is 0.144 e. The number of nitrogens with one attached hydrogen (secondary N) is 1. The number of pyridine rings is 1. The van der Waals surface area contributed by atoms with E-state index in [1.165, 1.54) is 0 Å². The number of benzene rings is 1. The topological polar surface area (TPSA) is 24.9 Å². The molecule has 0 aliphatic rings. The van der Waals surface area contributed by atoms with Gasteiger partial charge in [-0.3, -0.25) is 0 Å². The molecule has 0 atom stereocenters. The third-order valence-corrected chi connectivity index (χ3v) is 4.11. The van der Waals surface area contributed by atoms with Gasteiger partial charge in [-0.05, 0) is 46.6 Å². The highest BCUT2D eigenvalue weighted by Crippen LogP contribution is 2.33. The summed E-state index contributed by atoms with van der Waals surface area (Å²) in [5, 5.41) is 4.15. The second kappa shape index (κ2) is 5.25. The van der Waals surface area contributed by atoms with E-state index >= 15 is 0 Å². The van der Waals surface area contributed by atoms with E-state index in [1.807, 2.05) is 25.1 Å². The van der Waals surface area contributed by atoms with E-state index in [1.54, 1.807) is 12.3 Å². The van der Waals surface area contributed by atoms with E-state index in [4.69, 9.17) is 23.2 Å². The van der Waals surface area contributed by atoms with E-state index in [-0.39, 0.29) is 0 Å². The van der Waals surface area contributed by atoms with Crippen molar-refractivity contribution in [3.8, 4) is 0 Å². The minimum Gasteiger partial charge on any atom is -0.338 e. The molecule has 0 saturated carbocycles. The summed E-state index contributed by atoms with van der Waals surface area (Å²) in [6.07, 6.45) is 1.74. The normalized spacial score (nSPS) is 10.4. The lowest BCUT2D eigenvalue weighted by Crippen LogP contribution is -1.96. The van der Waals surface area contributed by atoms with Crippen LogP contribution in [0.25, 0.3) is 0 Å². The predicted molar refractivity (Wildman–Crippen MR) is 76.4 cm³/mol. The Morgan fingerprint density at radius 2 is 2.00 bits per heavy atom. The van der Waals surface area contributed by atoms with Gasteiger partial charge in [-0.15, -0.1) is 0 Å². The van der Waals surface area contributed by atoms with Crippen LogP contribution in [0, 0.1) is 6.92 Å². The van der Waals surface area contributed by atoms with Gasteiger partial charge in [-0.1, -0.05) is 29.3 Å². The Kier molecular flexibility index (Phi) is 3.92. The van der Waals surface area contributed by atoms with Gasteiger partial charge in [0.25, 0.3) is 0 Å². The SMILES string of the molecule is Cc1ccnc(Nc2cccc(Cl)c2Cl)c1Br. The number of hydrogen-bond donors (Lipinski definition) is 1. The third-order valence-electron chi connectivity index (χ3n) is 2.29. The van der Waals surface area contributed by atoms with Crippen LogP contribution in [0.15, 0.2) is 34.9 Å². The molecule has 5 heteroatoms. The van der Waals surface area contributed by atoms with Gasteiger partial charge in [-0.25, -0.2) is 4.98 Å². The van der Waals surface area contributed by atoms with Crippen LogP contribution in [0.3, 0.4) is 0 Å². The van der Waals surface area contributed by atoms with Crippen molar-refractivity contribution in [2.75, 3.05) is 5.32 Å². The minimum absolute atomic E-state index is 0.490. The Balaban J connectivity index is 2.38. The molecule has 0 aliphatic heterocycles. The lowest BCUT2D eigenvalue weighted by Gasteiger charge is -2.11. The lowest BCUT2D eigenvalue weighted by atomic mass is 10.3. The van der Waals surface area contributed by atoms with E-state index < -0.39 is 0 Å². The summed E-state index contributed by atoms with van der Waals surface area (Å²) in [5.74, 6) is 0.717. The van der Waals surface area contributed by atoms with Crippen LogP contribution in [-0.4, -0.2) is 4.98 Å². The van der Waals surface area contributed by atoms with Gasteiger partial charge in [0, 0.05) is 6.20 Å². The first kappa shape index (κ1) is 12.7. The Hall–Kier alpha value is -0.770. The summed E-state index contributed by atoms with van der Waals surface area (Å²) in [6.45, 7) is 2.00. The highest BCUT2D eigenvalue weighted by atomic mass is 79.9. The van der Waals surface area contributed by atoms with Crippen molar-refractivity contribution >= 4 is 50.6 Å². The molecule has 2 aromatic rings. The lowest BCUT2D eigenvalue weighted by molar-refractivity contribution is 1.25. The number of aromatic nitrogens is 1. The van der Waals surface area contributed by atoms with Gasteiger partial charge in [-0.2, -0.15) is 0 Å². The molecule has 1 aromatic heterocycles. The molecule has 88 valence electrons. The van der Waals surface area contributed by atoms with Crippen molar-refractivity contribution in [3.63, 3.8) is 0 Å². The summed E-state index contributed by atoms with van der Waals surface area (Å²) in [6, 6.07) is 7.35. The first-order valence-electron chi connectivity index (χ1n) is 4.91. The molecule has 0 saturated heterocycles. The quantitative estimate of drug-likeness (QED) is 0.817. The van der Waals surface area contributed by atoms with Crippen LogP contribution in [0.4, 0.5) is 11.5 Å². The molecule has 1 aromatic carbocycles. The summed E-state index contributed by atoms with van der Waals surface area (Å²) >= 11 is 15.5. The number of hydrogen-bond acceptors (Lipinski definition) is 2. The second-order valence-electron chi connectivity index (χ2n) is 3.52. The number of rotatable bonds is 2. The zero-order chi connectivity index (χ0) is 12.4. The van der Waals surface area contributed by atoms with E-state index in [9.17, 15) is 0 Å². The summed E-state index contributed by atoms with van der Waals surface area (Å²) in [5.41, 5.74) is 1.83. The highest BCUT2D eigenvalue weighted by molar-refractivity contribution is 9.10. The van der Waals surface area contributed by atoms with Crippen LogP contribution >= 0.6 is 39.1 Å². The fourth-order valence-electron chi connectivity index (χ4n) is 1.36. The maximum absolute atomic E-state index is 6.10. The largest absolute Gasteiger partial charge is 0.338 e. The fraction of sp³-hybridized carbons (Fsp3) is 0.0833. The van der Waals surface area contributed by atoms with E-state index in [0.29, 0.717) is 15.9 Å². The van der Waals surface area contributed by atoms with Crippen molar-refractivity contribution < 1.29 is 0 Å². The van der Waals surface area contributed by atoms with Crippen molar-refractivity contribution in [1.82, 2.24) is 4.98 Å². The summed E-state index contributed by atoms with van der Waals surface area (Å²) in [4.78, 5) is 4.25. The number of anilines is 2. The first-order chi connectivity index (χ1) is 8.09. The predicted octanol–water partition coefficient (Wildman–Crippen LogP) is 5.20. The van der Waals surface area contributed by atoms with Crippen molar-refractivity contribution in [2.24, 2.45) is 0 Å². The first-order valence-corrected chi connectivity index (χ1v) is 6.46. The molecule has 2 rings (SSSR count). The molecule has 0 bridgehead atoms. The van der Waals surface area contributed by atoms with Crippen molar-refractivity contribution in [1.29, 1.82) is 0 Å². The molecule has 0 unspecified atom stereocenters. The Labute approximate surface area is 118 Å². The van der Waals surface area contributed by atoms with Gasteiger partial charge >= 0.3 is 0 Å². The van der Waals surface area contributed by atoms with Crippen LogP contribution in [0.1, 0.15) is 5.56 Å². The molecule has 0 fully saturated rings. The van der Waals surface area contributed by atoms with Gasteiger partial charge < -0.3 is 5.32 Å². The Morgan fingerprint density at radius 1 is 1.24 bits per heavy atom. The van der Waals surface area contributed by atoms with Crippen LogP contribution in [0.5, 0.6) is 0 Å². The molecular formula is C12H9BrCl2N2. The summed E-state index contributed by atoms with van der Waals surface area (Å²) < 4.78 is 0.913. The van der Waals surface area contributed by atoms with Crippen LogP contribution in [0.2, 0.25) is 10.0 Å². The van der Waals surface area contributed by atoms with E-state index in [0.717, 1.165) is 15.7 Å². The van der Waals surface area contributed by atoms with Gasteiger partial charge in [0.2, 0.25) is 0 Å². The zero-order valence-corrected chi connectivity index (χ0v) is 12.1. The maximum atomic E-state index is 6.10. The average molecular weight is 332 g/mol. The second-order valence-corrected chi connectivity index (χ2v) is 5.09. The summed E-state index contributed by atoms with van der Waals surface area (Å²) in [7, 11) is 0. The standard InChI is InChI=1S/C12H9BrCl2N2/c1-7-5-6-16-12(10(7)13)17-9-4-2-3-8(14)11(9)15/h2-6H,1H3,(H,16,17). The third kappa shape index (κ3) is 2.73. The molecule has 0 amide bonds. The maximum Gasteiger partial charge on any atom is 0.144 e. The molecular weight excluding hydrogens is 323 g/mol. The molecule has 0 spiro atoms. The van der Waals surface area contributed by atoms with Crippen LogP contribution < -0.4 is 5.32 Å². The molecule has 0 aliphatic carbocycles. The van der Waals surface area contributed by atoms with Crippen molar-refractivity contribution in [3.05, 3.63) is 50.5 Å². The van der Waals surface area contributed by atoms with Gasteiger partial charge in [0.1, 0.15) is 5.82 Å². The van der Waals surface area contributed by atoms with E-state index in [2.05, 4.69) is 26.2 Å². The Morgan fingerprint density at radius 3 is 2.76 bits per heavy atom. The molecule has 0 radical (unpaired) electrons. The van der Waals surface area contributed by atoms with Crippen LogP contribution in [-0.2, 0) is 0 Å². The molecule has 2 nitrogen and oxygen atoms in total. The average Bonchev–Trinajstić information content (AvgIpc) is 2.31. The molecule has 1 heterocycles. The molecule has 17 heavy (non-hydrogen) atoms. The van der Waals surface area contributed by atoms with Crippen molar-refractivity contribution in [2.45, 2.75) is 6.92 Å². The fourth-order valence-corrected chi connectivity index (χ4v) is 2.04. The zero-order valence-electron chi connectivity index (χ0n) is 8.97. The number of nitrogens with zero attached hydrogens (tertiary/aromatic N) is 1. The van der Waals surface area contributed by atoms with Gasteiger partial charge in [0.05, 0.1) is 20.2 Å². The highest BCUT2D eigenvalue weighted by Gasteiger charge is 2.08. The number of aryl methyl sites for hydroxylation is 1. The van der Waals surface area contributed by atoms with Gasteiger partial charge in [0.15, 0.2) is 0 Å².